The second kappa shape index (κ2) is 19.2. The van der Waals surface area contributed by atoms with Crippen LogP contribution in [0, 0.1) is 6.07 Å². The molecule has 4 aromatic heterocycles. The van der Waals surface area contributed by atoms with Crippen LogP contribution in [0.1, 0.15) is 116 Å². The van der Waals surface area contributed by atoms with Crippen molar-refractivity contribution in [1.82, 2.24) is 19.1 Å². The van der Waals surface area contributed by atoms with E-state index >= 15 is 0 Å². The quantitative estimate of drug-likeness (QED) is 0.142. The first-order valence-corrected chi connectivity index (χ1v) is 21.2. The van der Waals surface area contributed by atoms with E-state index in [4.69, 9.17) is 18.8 Å². The van der Waals surface area contributed by atoms with E-state index in [1.807, 2.05) is 48.8 Å². The Bertz CT molecular complexity index is 2900. The first kappa shape index (κ1) is 46.5. The van der Waals surface area contributed by atoms with Gasteiger partial charge in [0.05, 0.1) is 11.5 Å². The Labute approximate surface area is 386 Å². The summed E-state index contributed by atoms with van der Waals surface area (Å²) in [6.07, 6.45) is 7.93. The van der Waals surface area contributed by atoms with Crippen molar-refractivity contribution in [1.29, 1.82) is 0 Å². The SMILES string of the molecule is C.C.CC(C)c1cc2oc3ccccc3c2c(C(C)C)c1-n1ccnc1-c1[c-]cccc1.CC(C)c1cc2oc3ccccc3c2c(C(C)C)c1-n1ccnc1-c1ccccc1.[Ir]. The van der Waals surface area contributed by atoms with Crippen molar-refractivity contribution in [3.8, 4) is 34.2 Å². The van der Waals surface area contributed by atoms with Gasteiger partial charge in [-0.25, -0.2) is 4.98 Å². The minimum Gasteiger partial charge on any atom is -0.456 e. The Morgan fingerprint density at radius 2 is 0.937 bits per heavy atom. The van der Waals surface area contributed by atoms with Crippen molar-refractivity contribution in [2.24, 2.45) is 0 Å². The minimum atomic E-state index is 0. The zero-order valence-electron chi connectivity index (χ0n) is 36.0. The topological polar surface area (TPSA) is 61.9 Å². The van der Waals surface area contributed by atoms with Gasteiger partial charge >= 0.3 is 0 Å². The number of aromatic nitrogens is 4. The van der Waals surface area contributed by atoms with Crippen LogP contribution in [0.25, 0.3) is 78.0 Å². The summed E-state index contributed by atoms with van der Waals surface area (Å²) >= 11 is 0. The molecule has 0 bridgehead atoms. The molecule has 10 rings (SSSR count). The number of hydrogen-bond donors (Lipinski definition) is 0. The molecule has 0 unspecified atom stereocenters. The van der Waals surface area contributed by atoms with Gasteiger partial charge in [0, 0.05) is 77.7 Å². The van der Waals surface area contributed by atoms with Gasteiger partial charge in [-0.15, -0.1) is 35.9 Å². The molecule has 4 heterocycles. The average molecular weight is 1010 g/mol. The Kier molecular flexibility index (Phi) is 14.1. The average Bonchev–Trinajstić information content (AvgIpc) is 4.08. The van der Waals surface area contributed by atoms with Crippen molar-refractivity contribution >= 4 is 43.9 Å². The molecule has 0 spiro atoms. The number of nitrogens with zero attached hydrogens (tertiary/aromatic N) is 4. The number of hydrogen-bond acceptors (Lipinski definition) is 4. The monoisotopic (exact) mass is 1010 g/mol. The standard InChI is InChI=1S/C27H26N2O.C27H25N2O.2CH4.Ir/c2*1-17(2)21-16-23-25(20-12-8-9-13-22(20)30-23)24(18(3)4)26(21)29-15-14-28-27(29)19-10-6-5-7-11-19;;;/h5-18H,1-4H3;5-10,12-18H,1-4H3;2*1H4;/q;-1;;;. The Balaban J connectivity index is 0.000000200. The fourth-order valence-electron chi connectivity index (χ4n) is 8.90. The van der Waals surface area contributed by atoms with Gasteiger partial charge in [-0.3, -0.25) is 9.55 Å². The number of benzene rings is 6. The summed E-state index contributed by atoms with van der Waals surface area (Å²) < 4.78 is 17.1. The summed E-state index contributed by atoms with van der Waals surface area (Å²) in [5.74, 6) is 3.20. The number of para-hydroxylation sites is 2. The molecule has 0 aliphatic rings. The predicted octanol–water partition coefficient (Wildman–Crippen LogP) is 16.4. The van der Waals surface area contributed by atoms with Crippen LogP contribution >= 0.6 is 0 Å². The van der Waals surface area contributed by atoms with Gasteiger partial charge < -0.3 is 13.4 Å². The molecule has 1 radical (unpaired) electrons. The first-order valence-electron chi connectivity index (χ1n) is 21.2. The number of fused-ring (bicyclic) bond motifs is 6. The van der Waals surface area contributed by atoms with E-state index in [0.29, 0.717) is 23.7 Å². The third-order valence-corrected chi connectivity index (χ3v) is 11.6. The van der Waals surface area contributed by atoms with Gasteiger partial charge in [0.2, 0.25) is 0 Å². The molecule has 10 aromatic rings. The van der Waals surface area contributed by atoms with Crippen LogP contribution in [0.5, 0.6) is 0 Å². The summed E-state index contributed by atoms with van der Waals surface area (Å²) in [5, 5.41) is 4.76. The van der Waals surface area contributed by atoms with E-state index in [0.717, 1.165) is 45.1 Å². The molecule has 0 aliphatic carbocycles. The van der Waals surface area contributed by atoms with E-state index in [-0.39, 0.29) is 35.0 Å². The van der Waals surface area contributed by atoms with Gasteiger partial charge in [0.1, 0.15) is 28.2 Å². The maximum absolute atomic E-state index is 6.30. The van der Waals surface area contributed by atoms with Gasteiger partial charge in [-0.05, 0) is 70.2 Å². The van der Waals surface area contributed by atoms with Crippen molar-refractivity contribution in [2.75, 3.05) is 0 Å². The molecule has 0 aliphatic heterocycles. The number of rotatable bonds is 8. The van der Waals surface area contributed by atoms with Gasteiger partial charge in [0.15, 0.2) is 0 Å². The third-order valence-electron chi connectivity index (χ3n) is 11.6. The molecule has 7 heteroatoms. The van der Waals surface area contributed by atoms with Crippen molar-refractivity contribution in [3.63, 3.8) is 0 Å². The molecule has 0 amide bonds. The van der Waals surface area contributed by atoms with Gasteiger partial charge in [0.25, 0.3) is 0 Å². The zero-order valence-corrected chi connectivity index (χ0v) is 38.4. The van der Waals surface area contributed by atoms with Crippen molar-refractivity contribution in [3.05, 3.63) is 168 Å². The summed E-state index contributed by atoms with van der Waals surface area (Å²) in [4.78, 5) is 9.44. The molecule has 63 heavy (non-hydrogen) atoms. The van der Waals surface area contributed by atoms with Crippen LogP contribution in [0.4, 0.5) is 0 Å². The van der Waals surface area contributed by atoms with Gasteiger partial charge in [-0.1, -0.05) is 137 Å². The Morgan fingerprint density at radius 1 is 0.492 bits per heavy atom. The molecular formula is C56H59IrN4O2-. The molecule has 0 saturated heterocycles. The van der Waals surface area contributed by atoms with Crippen LogP contribution in [0.3, 0.4) is 0 Å². The second-order valence-electron chi connectivity index (χ2n) is 16.9. The summed E-state index contributed by atoms with van der Waals surface area (Å²) in [6.45, 7) is 18.0. The summed E-state index contributed by atoms with van der Waals surface area (Å²) in [7, 11) is 0. The molecule has 0 atom stereocenters. The maximum atomic E-state index is 6.30. The second-order valence-corrected chi connectivity index (χ2v) is 16.9. The number of imidazole rings is 2. The van der Waals surface area contributed by atoms with E-state index in [1.54, 1.807) is 0 Å². The molecule has 0 N–H and O–H groups in total. The normalized spacial score (nSPS) is 11.4. The third kappa shape index (κ3) is 8.33. The summed E-state index contributed by atoms with van der Waals surface area (Å²) in [5.41, 5.74) is 13.5. The van der Waals surface area contributed by atoms with Crippen LogP contribution in [-0.2, 0) is 20.1 Å². The Morgan fingerprint density at radius 3 is 1.40 bits per heavy atom. The predicted molar refractivity (Wildman–Crippen MR) is 261 cm³/mol. The van der Waals surface area contributed by atoms with Crippen molar-refractivity contribution in [2.45, 2.75) is 93.9 Å². The van der Waals surface area contributed by atoms with Crippen LogP contribution in [-0.4, -0.2) is 19.1 Å². The smallest absolute Gasteiger partial charge is 0.144 e. The largest absolute Gasteiger partial charge is 0.456 e. The van der Waals surface area contributed by atoms with Crippen LogP contribution < -0.4 is 0 Å². The molecule has 0 saturated carbocycles. The van der Waals surface area contributed by atoms with E-state index in [2.05, 4.69) is 162 Å². The Hall–Kier alpha value is -6.01. The molecular weight excluding hydrogens is 953 g/mol. The van der Waals surface area contributed by atoms with E-state index < -0.39 is 0 Å². The van der Waals surface area contributed by atoms with Crippen LogP contribution in [0.15, 0.2) is 149 Å². The molecule has 0 fully saturated rings. The van der Waals surface area contributed by atoms with Crippen LogP contribution in [0.2, 0.25) is 0 Å². The van der Waals surface area contributed by atoms with Crippen molar-refractivity contribution < 1.29 is 28.9 Å². The summed E-state index contributed by atoms with van der Waals surface area (Å²) in [6, 6.07) is 42.9. The zero-order chi connectivity index (χ0) is 41.7. The fourth-order valence-corrected chi connectivity index (χ4v) is 8.90. The molecule has 6 nitrogen and oxygen atoms in total. The maximum Gasteiger partial charge on any atom is 0.144 e. The molecule has 325 valence electrons. The number of furan rings is 2. The van der Waals surface area contributed by atoms with E-state index in [1.165, 1.54) is 55.2 Å². The molecule has 6 aromatic carbocycles. The van der Waals surface area contributed by atoms with Gasteiger partial charge in [-0.2, -0.15) is 0 Å². The minimum absolute atomic E-state index is 0. The van der Waals surface area contributed by atoms with E-state index in [9.17, 15) is 0 Å². The fraction of sp³-hybridized carbons (Fsp3) is 0.250. The first-order chi connectivity index (χ1) is 29.1.